The van der Waals surface area contributed by atoms with E-state index in [0.29, 0.717) is 16.8 Å². The van der Waals surface area contributed by atoms with Gasteiger partial charge in [-0.25, -0.2) is 4.52 Å². The van der Waals surface area contributed by atoms with Crippen LogP contribution in [0.3, 0.4) is 0 Å². The maximum Gasteiger partial charge on any atom is 0.259 e. The monoisotopic (exact) mass is 296 g/mol. The molecule has 0 unspecified atom stereocenters. The van der Waals surface area contributed by atoms with Crippen molar-refractivity contribution in [3.8, 4) is 0 Å². The predicted octanol–water partition coefficient (Wildman–Crippen LogP) is 2.22. The highest BCUT2D eigenvalue weighted by Crippen LogP contribution is 2.17. The van der Waals surface area contributed by atoms with Crippen molar-refractivity contribution >= 4 is 34.3 Å². The maximum atomic E-state index is 12.4. The molecule has 21 heavy (non-hydrogen) atoms. The van der Waals surface area contributed by atoms with Crippen molar-refractivity contribution in [1.82, 2.24) is 9.61 Å². The van der Waals surface area contributed by atoms with Crippen LogP contribution in [0.15, 0.2) is 54.9 Å². The van der Waals surface area contributed by atoms with Gasteiger partial charge in [-0.05, 0) is 24.3 Å². The lowest BCUT2D eigenvalue weighted by atomic mass is 10.1. The number of thiocarbonyl (C=S) groups is 1. The molecule has 0 fully saturated rings. The standard InChI is InChI=1S/C15H12N4OS/c16-14(21)10-5-1-2-6-12(10)18-15(20)11-9-17-19-8-4-3-7-13(11)19/h1-9H,(H2,16,21)(H,18,20). The number of amides is 1. The second-order valence-corrected chi connectivity index (χ2v) is 4.89. The number of hydrogen-bond donors (Lipinski definition) is 2. The summed E-state index contributed by atoms with van der Waals surface area (Å²) in [5.41, 5.74) is 8.12. The minimum atomic E-state index is -0.250. The number of hydrogen-bond acceptors (Lipinski definition) is 3. The van der Waals surface area contributed by atoms with Gasteiger partial charge in [0.05, 0.1) is 23.0 Å². The molecule has 2 heterocycles. The Balaban J connectivity index is 1.96. The molecule has 3 N–H and O–H groups in total. The van der Waals surface area contributed by atoms with E-state index in [-0.39, 0.29) is 10.9 Å². The molecule has 6 heteroatoms. The van der Waals surface area contributed by atoms with E-state index in [1.54, 1.807) is 22.8 Å². The molecule has 0 saturated carbocycles. The number of anilines is 1. The number of pyridine rings is 1. The van der Waals surface area contributed by atoms with E-state index < -0.39 is 0 Å². The molecule has 5 nitrogen and oxygen atoms in total. The third-order valence-corrected chi connectivity index (χ3v) is 3.33. The number of benzene rings is 1. The van der Waals surface area contributed by atoms with Crippen molar-refractivity contribution in [3.05, 3.63) is 66.0 Å². The molecular formula is C15H12N4OS. The highest BCUT2D eigenvalue weighted by molar-refractivity contribution is 7.80. The number of para-hydroxylation sites is 1. The number of nitrogens with zero attached hydrogens (tertiary/aromatic N) is 2. The lowest BCUT2D eigenvalue weighted by Gasteiger charge is -2.09. The van der Waals surface area contributed by atoms with Gasteiger partial charge in [-0.2, -0.15) is 5.10 Å². The normalized spacial score (nSPS) is 10.5. The SMILES string of the molecule is NC(=S)c1ccccc1NC(=O)c1cnn2ccccc12. The summed E-state index contributed by atoms with van der Waals surface area (Å²) in [4.78, 5) is 12.7. The van der Waals surface area contributed by atoms with Crippen molar-refractivity contribution in [2.24, 2.45) is 5.73 Å². The number of carbonyl (C=O) groups excluding carboxylic acids is 1. The van der Waals surface area contributed by atoms with E-state index in [1.165, 1.54) is 6.20 Å². The number of rotatable bonds is 3. The Bertz CT molecular complexity index is 840. The molecular weight excluding hydrogens is 284 g/mol. The minimum absolute atomic E-state index is 0.241. The summed E-state index contributed by atoms with van der Waals surface area (Å²) in [7, 11) is 0. The molecule has 0 saturated heterocycles. The van der Waals surface area contributed by atoms with Gasteiger partial charge in [-0.1, -0.05) is 30.4 Å². The van der Waals surface area contributed by atoms with Crippen LogP contribution in [-0.4, -0.2) is 20.5 Å². The van der Waals surface area contributed by atoms with Crippen LogP contribution in [0.2, 0.25) is 0 Å². The van der Waals surface area contributed by atoms with E-state index in [1.807, 2.05) is 30.3 Å². The number of fused-ring (bicyclic) bond motifs is 1. The summed E-state index contributed by atoms with van der Waals surface area (Å²) in [6.07, 6.45) is 3.32. The summed E-state index contributed by atoms with van der Waals surface area (Å²) < 4.78 is 1.65. The van der Waals surface area contributed by atoms with Gasteiger partial charge in [-0.15, -0.1) is 0 Å². The molecule has 0 bridgehead atoms. The van der Waals surface area contributed by atoms with E-state index >= 15 is 0 Å². The van der Waals surface area contributed by atoms with E-state index in [9.17, 15) is 4.79 Å². The Morgan fingerprint density at radius 3 is 2.71 bits per heavy atom. The second kappa shape index (κ2) is 5.34. The summed E-state index contributed by atoms with van der Waals surface area (Å²) >= 11 is 4.99. The fourth-order valence-electron chi connectivity index (χ4n) is 2.11. The first-order valence-corrected chi connectivity index (χ1v) is 6.70. The predicted molar refractivity (Wildman–Crippen MR) is 85.5 cm³/mol. The quantitative estimate of drug-likeness (QED) is 0.727. The summed E-state index contributed by atoms with van der Waals surface area (Å²) in [5.74, 6) is -0.250. The summed E-state index contributed by atoms with van der Waals surface area (Å²) in [6.45, 7) is 0. The van der Waals surface area contributed by atoms with Gasteiger partial charge in [0.25, 0.3) is 5.91 Å². The Labute approximate surface area is 126 Å². The zero-order valence-corrected chi connectivity index (χ0v) is 11.8. The molecule has 3 rings (SSSR count). The number of carbonyl (C=O) groups is 1. The Morgan fingerprint density at radius 1 is 1.14 bits per heavy atom. The van der Waals surface area contributed by atoms with Gasteiger partial charge >= 0.3 is 0 Å². The van der Waals surface area contributed by atoms with Gasteiger partial charge < -0.3 is 11.1 Å². The minimum Gasteiger partial charge on any atom is -0.389 e. The third kappa shape index (κ3) is 2.48. The van der Waals surface area contributed by atoms with Crippen molar-refractivity contribution < 1.29 is 4.79 Å². The highest BCUT2D eigenvalue weighted by Gasteiger charge is 2.14. The fraction of sp³-hybridized carbons (Fsp3) is 0. The molecule has 0 aliphatic carbocycles. The number of nitrogens with one attached hydrogen (secondary N) is 1. The fourth-order valence-corrected chi connectivity index (χ4v) is 2.28. The molecule has 3 aromatic rings. The molecule has 2 aromatic heterocycles. The first-order valence-electron chi connectivity index (χ1n) is 6.29. The number of aromatic nitrogens is 2. The highest BCUT2D eigenvalue weighted by atomic mass is 32.1. The van der Waals surface area contributed by atoms with Crippen molar-refractivity contribution in [2.45, 2.75) is 0 Å². The van der Waals surface area contributed by atoms with E-state index in [2.05, 4.69) is 10.4 Å². The van der Waals surface area contributed by atoms with Crippen LogP contribution in [-0.2, 0) is 0 Å². The van der Waals surface area contributed by atoms with Gasteiger partial charge in [0.15, 0.2) is 0 Å². The lowest BCUT2D eigenvalue weighted by molar-refractivity contribution is 0.102. The van der Waals surface area contributed by atoms with Crippen LogP contribution < -0.4 is 11.1 Å². The molecule has 0 aliphatic heterocycles. The first-order chi connectivity index (χ1) is 10.2. The van der Waals surface area contributed by atoms with Crippen molar-refractivity contribution in [1.29, 1.82) is 0 Å². The first kappa shape index (κ1) is 13.3. The molecule has 1 amide bonds. The maximum absolute atomic E-state index is 12.4. The number of nitrogens with two attached hydrogens (primary N) is 1. The van der Waals surface area contributed by atoms with E-state index in [0.717, 1.165) is 5.52 Å². The zero-order valence-electron chi connectivity index (χ0n) is 11.0. The lowest BCUT2D eigenvalue weighted by Crippen LogP contribution is -2.17. The van der Waals surface area contributed by atoms with E-state index in [4.69, 9.17) is 18.0 Å². The second-order valence-electron chi connectivity index (χ2n) is 4.45. The Hall–Kier alpha value is -2.73. The average molecular weight is 296 g/mol. The van der Waals surface area contributed by atoms with Crippen LogP contribution in [0, 0.1) is 0 Å². The smallest absolute Gasteiger partial charge is 0.259 e. The van der Waals surface area contributed by atoms with Crippen LogP contribution in [0.1, 0.15) is 15.9 Å². The molecule has 0 atom stereocenters. The van der Waals surface area contributed by atoms with Crippen molar-refractivity contribution in [3.63, 3.8) is 0 Å². The molecule has 0 radical (unpaired) electrons. The van der Waals surface area contributed by atoms with Gasteiger partial charge in [0.2, 0.25) is 0 Å². The topological polar surface area (TPSA) is 72.4 Å². The third-order valence-electron chi connectivity index (χ3n) is 3.11. The molecule has 0 spiro atoms. The molecule has 104 valence electrons. The van der Waals surface area contributed by atoms with Gasteiger partial charge in [0.1, 0.15) is 4.99 Å². The van der Waals surface area contributed by atoms with Crippen LogP contribution in [0.4, 0.5) is 5.69 Å². The van der Waals surface area contributed by atoms with Gasteiger partial charge in [-0.3, -0.25) is 4.79 Å². The van der Waals surface area contributed by atoms with Crippen LogP contribution in [0.5, 0.6) is 0 Å². The Kier molecular flexibility index (Phi) is 3.37. The molecule has 0 aliphatic rings. The summed E-state index contributed by atoms with van der Waals surface area (Å²) in [6, 6.07) is 12.7. The van der Waals surface area contributed by atoms with Crippen LogP contribution in [0.25, 0.3) is 5.52 Å². The van der Waals surface area contributed by atoms with Crippen LogP contribution >= 0.6 is 12.2 Å². The zero-order chi connectivity index (χ0) is 14.8. The average Bonchev–Trinajstić information content (AvgIpc) is 2.91. The van der Waals surface area contributed by atoms with Crippen molar-refractivity contribution in [2.75, 3.05) is 5.32 Å². The van der Waals surface area contributed by atoms with Gasteiger partial charge in [0, 0.05) is 11.8 Å². The Morgan fingerprint density at radius 2 is 1.90 bits per heavy atom. The summed E-state index contributed by atoms with van der Waals surface area (Å²) in [5, 5.41) is 6.97. The molecule has 1 aromatic carbocycles. The largest absolute Gasteiger partial charge is 0.389 e.